The van der Waals surface area contributed by atoms with Crippen LogP contribution in [0.25, 0.3) is 0 Å². The van der Waals surface area contributed by atoms with E-state index in [9.17, 15) is 9.59 Å². The number of aromatic nitrogens is 3. The van der Waals surface area contributed by atoms with Crippen LogP contribution < -0.4 is 11.1 Å². The van der Waals surface area contributed by atoms with Gasteiger partial charge in [0.25, 0.3) is 0 Å². The summed E-state index contributed by atoms with van der Waals surface area (Å²) in [6.45, 7) is 0.678. The van der Waals surface area contributed by atoms with Crippen LogP contribution in [0.5, 0.6) is 0 Å². The molecule has 92 valence electrons. The van der Waals surface area contributed by atoms with Gasteiger partial charge in [-0.1, -0.05) is 0 Å². The number of nitrogens with two attached hydrogens (primary N) is 1. The van der Waals surface area contributed by atoms with Crippen LogP contribution in [0.1, 0.15) is 6.42 Å². The lowest BCUT2D eigenvalue weighted by molar-refractivity contribution is -0.132. The summed E-state index contributed by atoms with van der Waals surface area (Å²) in [6, 6.07) is -0.423. The Morgan fingerprint density at radius 2 is 2.47 bits per heavy atom. The highest BCUT2D eigenvalue weighted by Gasteiger charge is 2.30. The maximum atomic E-state index is 11.6. The molecule has 1 unspecified atom stereocenters. The second-order valence-electron chi connectivity index (χ2n) is 3.97. The molecule has 1 aliphatic rings. The zero-order valence-corrected chi connectivity index (χ0v) is 9.46. The molecule has 1 saturated heterocycles. The van der Waals surface area contributed by atoms with Gasteiger partial charge in [0.1, 0.15) is 18.9 Å². The van der Waals surface area contributed by atoms with Gasteiger partial charge in [0.05, 0.1) is 0 Å². The number of nitrogens with one attached hydrogen (secondary N) is 1. The van der Waals surface area contributed by atoms with Gasteiger partial charge in [-0.05, 0) is 6.42 Å². The smallest absolute Gasteiger partial charge is 0.244 e. The van der Waals surface area contributed by atoms with Crippen LogP contribution in [0.2, 0.25) is 0 Å². The summed E-state index contributed by atoms with van der Waals surface area (Å²) >= 11 is 0. The summed E-state index contributed by atoms with van der Waals surface area (Å²) < 4.78 is 1.33. The Balaban J connectivity index is 1.88. The van der Waals surface area contributed by atoms with Crippen molar-refractivity contribution in [1.29, 1.82) is 0 Å². The SMILES string of the molecule is CN1CCC(NC(=O)Cn2cnc(N)n2)C1=O. The number of likely N-dealkylation sites (N-methyl/N-ethyl adjacent to an activating group) is 1. The molecule has 0 bridgehead atoms. The molecule has 1 fully saturated rings. The molecule has 2 amide bonds. The molecule has 0 saturated carbocycles. The van der Waals surface area contributed by atoms with Crippen molar-refractivity contribution in [3.63, 3.8) is 0 Å². The van der Waals surface area contributed by atoms with E-state index in [0.29, 0.717) is 13.0 Å². The van der Waals surface area contributed by atoms with Gasteiger partial charge >= 0.3 is 0 Å². The first-order valence-electron chi connectivity index (χ1n) is 5.25. The van der Waals surface area contributed by atoms with Crippen molar-refractivity contribution in [1.82, 2.24) is 25.0 Å². The predicted octanol–water partition coefficient (Wildman–Crippen LogP) is -1.79. The van der Waals surface area contributed by atoms with Gasteiger partial charge in [-0.15, -0.1) is 5.10 Å². The summed E-state index contributed by atoms with van der Waals surface area (Å²) in [5, 5.41) is 6.44. The minimum atomic E-state index is -0.423. The van der Waals surface area contributed by atoms with Crippen LogP contribution in [0.3, 0.4) is 0 Å². The number of carbonyl (C=O) groups excluding carboxylic acids is 2. The molecule has 1 aromatic rings. The van der Waals surface area contributed by atoms with Crippen LogP contribution in [0.15, 0.2) is 6.33 Å². The quantitative estimate of drug-likeness (QED) is 0.646. The molecule has 0 spiro atoms. The summed E-state index contributed by atoms with van der Waals surface area (Å²) in [7, 11) is 1.71. The molecule has 2 rings (SSSR count). The highest BCUT2D eigenvalue weighted by molar-refractivity contribution is 5.88. The highest BCUT2D eigenvalue weighted by Crippen LogP contribution is 2.08. The predicted molar refractivity (Wildman–Crippen MR) is 58.6 cm³/mol. The molecule has 1 atom stereocenters. The van der Waals surface area contributed by atoms with E-state index in [2.05, 4.69) is 15.4 Å². The number of rotatable bonds is 3. The van der Waals surface area contributed by atoms with E-state index in [4.69, 9.17) is 5.73 Å². The molecular formula is C9H14N6O2. The number of anilines is 1. The minimum Gasteiger partial charge on any atom is -0.367 e. The molecule has 0 radical (unpaired) electrons. The van der Waals surface area contributed by atoms with Gasteiger partial charge in [0.15, 0.2) is 0 Å². The fraction of sp³-hybridized carbons (Fsp3) is 0.556. The average Bonchev–Trinajstić information content (AvgIpc) is 2.79. The zero-order chi connectivity index (χ0) is 12.4. The lowest BCUT2D eigenvalue weighted by Gasteiger charge is -2.11. The number of nitrogens with zero attached hydrogens (tertiary/aromatic N) is 4. The number of nitrogen functional groups attached to an aromatic ring is 1. The Kier molecular flexibility index (Phi) is 2.94. The first kappa shape index (κ1) is 11.4. The first-order chi connectivity index (χ1) is 8.06. The van der Waals surface area contributed by atoms with Crippen molar-refractivity contribution in [3.8, 4) is 0 Å². The summed E-state index contributed by atoms with van der Waals surface area (Å²) in [5.74, 6) is -0.213. The van der Waals surface area contributed by atoms with Gasteiger partial charge in [0.2, 0.25) is 17.8 Å². The van der Waals surface area contributed by atoms with Gasteiger partial charge in [-0.3, -0.25) is 9.59 Å². The Morgan fingerprint density at radius 3 is 3.00 bits per heavy atom. The fourth-order valence-electron chi connectivity index (χ4n) is 1.73. The molecule has 8 heteroatoms. The van der Waals surface area contributed by atoms with Crippen molar-refractivity contribution < 1.29 is 9.59 Å². The number of likely N-dealkylation sites (tertiary alicyclic amines) is 1. The second-order valence-corrected chi connectivity index (χ2v) is 3.97. The van der Waals surface area contributed by atoms with E-state index in [1.54, 1.807) is 11.9 Å². The number of hydrogen-bond acceptors (Lipinski definition) is 5. The summed E-state index contributed by atoms with van der Waals surface area (Å²) in [5.41, 5.74) is 5.32. The zero-order valence-electron chi connectivity index (χ0n) is 9.46. The Hall–Kier alpha value is -2.12. The van der Waals surface area contributed by atoms with Crippen molar-refractivity contribution in [2.45, 2.75) is 19.0 Å². The van der Waals surface area contributed by atoms with E-state index in [1.165, 1.54) is 11.0 Å². The molecule has 3 N–H and O–H groups in total. The lowest BCUT2D eigenvalue weighted by Crippen LogP contribution is -2.42. The number of amides is 2. The molecular weight excluding hydrogens is 224 g/mol. The van der Waals surface area contributed by atoms with E-state index < -0.39 is 6.04 Å². The standard InChI is InChI=1S/C9H14N6O2/c1-14-3-2-6(8(14)17)12-7(16)4-15-5-11-9(10)13-15/h5-6H,2-4H2,1H3,(H2,10,13)(H,12,16). The third-order valence-electron chi connectivity index (χ3n) is 2.62. The molecule has 1 aromatic heterocycles. The van der Waals surface area contributed by atoms with Gasteiger partial charge < -0.3 is 16.0 Å². The third kappa shape index (κ3) is 2.52. The van der Waals surface area contributed by atoms with Crippen LogP contribution in [0.4, 0.5) is 5.95 Å². The maximum Gasteiger partial charge on any atom is 0.244 e. The highest BCUT2D eigenvalue weighted by atomic mass is 16.2. The molecule has 0 aromatic carbocycles. The Labute approximate surface area is 97.8 Å². The number of hydrogen-bond donors (Lipinski definition) is 2. The fourth-order valence-corrected chi connectivity index (χ4v) is 1.73. The maximum absolute atomic E-state index is 11.6. The van der Waals surface area contributed by atoms with Crippen molar-refractivity contribution in [2.75, 3.05) is 19.3 Å². The second kappa shape index (κ2) is 4.40. The number of carbonyl (C=O) groups is 2. The monoisotopic (exact) mass is 238 g/mol. The molecule has 8 nitrogen and oxygen atoms in total. The topological polar surface area (TPSA) is 106 Å². The van der Waals surface area contributed by atoms with Crippen molar-refractivity contribution >= 4 is 17.8 Å². The average molecular weight is 238 g/mol. The minimum absolute atomic E-state index is 0.0116. The van der Waals surface area contributed by atoms with E-state index in [1.807, 2.05) is 0 Å². The molecule has 2 heterocycles. The Bertz CT molecular complexity index is 442. The molecule has 0 aliphatic carbocycles. The largest absolute Gasteiger partial charge is 0.367 e. The van der Waals surface area contributed by atoms with Crippen LogP contribution in [-0.2, 0) is 16.1 Å². The molecule has 1 aliphatic heterocycles. The Morgan fingerprint density at radius 1 is 1.71 bits per heavy atom. The van der Waals surface area contributed by atoms with Crippen molar-refractivity contribution in [2.24, 2.45) is 0 Å². The van der Waals surface area contributed by atoms with Gasteiger partial charge in [0, 0.05) is 13.6 Å². The van der Waals surface area contributed by atoms with Gasteiger partial charge in [-0.2, -0.15) is 0 Å². The van der Waals surface area contributed by atoms with E-state index in [-0.39, 0.29) is 24.3 Å². The van der Waals surface area contributed by atoms with Crippen LogP contribution in [0, 0.1) is 0 Å². The summed E-state index contributed by atoms with van der Waals surface area (Å²) in [4.78, 5) is 28.5. The van der Waals surface area contributed by atoms with E-state index >= 15 is 0 Å². The lowest BCUT2D eigenvalue weighted by atomic mass is 10.2. The van der Waals surface area contributed by atoms with Gasteiger partial charge in [-0.25, -0.2) is 9.67 Å². The van der Waals surface area contributed by atoms with Crippen LogP contribution in [-0.4, -0.2) is 51.1 Å². The normalized spacial score (nSPS) is 19.7. The molecule has 17 heavy (non-hydrogen) atoms. The van der Waals surface area contributed by atoms with Crippen LogP contribution >= 0.6 is 0 Å². The first-order valence-corrected chi connectivity index (χ1v) is 5.25. The summed E-state index contributed by atoms with van der Waals surface area (Å²) in [6.07, 6.45) is 2.01. The van der Waals surface area contributed by atoms with Crippen molar-refractivity contribution in [3.05, 3.63) is 6.33 Å². The third-order valence-corrected chi connectivity index (χ3v) is 2.62. The van der Waals surface area contributed by atoms with E-state index in [0.717, 1.165) is 0 Å².